The summed E-state index contributed by atoms with van der Waals surface area (Å²) >= 11 is 6.18. The minimum Gasteiger partial charge on any atom is -0.467 e. The van der Waals surface area contributed by atoms with Crippen molar-refractivity contribution in [2.75, 3.05) is 26.9 Å². The zero-order chi connectivity index (χ0) is 14.8. The highest BCUT2D eigenvalue weighted by Crippen LogP contribution is 2.32. The van der Waals surface area contributed by atoms with Crippen LogP contribution in [0.25, 0.3) is 0 Å². The summed E-state index contributed by atoms with van der Waals surface area (Å²) in [6, 6.07) is 3.88. The van der Waals surface area contributed by atoms with Crippen LogP contribution in [0.15, 0.2) is 12.1 Å². The first-order valence-electron chi connectivity index (χ1n) is 6.82. The molecule has 0 unspecified atom stereocenters. The molecule has 5 heteroatoms. The standard InChI is InChI=1S/C15H23ClN2O2/c1-15(2,8-17)9-18(3)6-11-4-13(16)5-12-7-19-10-20-14(11)12/h4-5H,6-10,17H2,1-3H3. The zero-order valence-electron chi connectivity index (χ0n) is 12.4. The van der Waals surface area contributed by atoms with Crippen LogP contribution in [0.1, 0.15) is 25.0 Å². The van der Waals surface area contributed by atoms with E-state index in [1.54, 1.807) is 0 Å². The highest BCUT2D eigenvalue weighted by molar-refractivity contribution is 6.30. The minimum absolute atomic E-state index is 0.0946. The van der Waals surface area contributed by atoms with Crippen LogP contribution in [0, 0.1) is 5.41 Å². The molecule has 4 nitrogen and oxygen atoms in total. The van der Waals surface area contributed by atoms with Gasteiger partial charge in [-0.1, -0.05) is 25.4 Å². The maximum Gasteiger partial charge on any atom is 0.189 e. The van der Waals surface area contributed by atoms with E-state index in [9.17, 15) is 0 Å². The van der Waals surface area contributed by atoms with Gasteiger partial charge >= 0.3 is 0 Å². The highest BCUT2D eigenvalue weighted by Gasteiger charge is 2.21. The lowest BCUT2D eigenvalue weighted by atomic mass is 9.93. The predicted molar refractivity (Wildman–Crippen MR) is 80.9 cm³/mol. The van der Waals surface area contributed by atoms with Gasteiger partial charge in [0.25, 0.3) is 0 Å². The molecule has 2 rings (SSSR count). The van der Waals surface area contributed by atoms with Gasteiger partial charge < -0.3 is 20.1 Å². The molecule has 0 spiro atoms. The van der Waals surface area contributed by atoms with E-state index in [0.29, 0.717) is 19.9 Å². The van der Waals surface area contributed by atoms with Gasteiger partial charge in [0.2, 0.25) is 0 Å². The lowest BCUT2D eigenvalue weighted by molar-refractivity contribution is -0.0174. The number of halogens is 1. The third-order valence-corrected chi connectivity index (χ3v) is 3.66. The lowest BCUT2D eigenvalue weighted by Crippen LogP contribution is -2.36. The number of hydrogen-bond acceptors (Lipinski definition) is 4. The number of nitrogens with two attached hydrogens (primary N) is 1. The molecular weight excluding hydrogens is 276 g/mol. The fraction of sp³-hybridized carbons (Fsp3) is 0.600. The van der Waals surface area contributed by atoms with E-state index in [1.165, 1.54) is 0 Å². The predicted octanol–water partition coefficient (Wildman–Crippen LogP) is 2.62. The van der Waals surface area contributed by atoms with Gasteiger partial charge in [-0.25, -0.2) is 0 Å². The molecule has 0 aliphatic carbocycles. The third kappa shape index (κ3) is 3.85. The molecule has 1 aromatic carbocycles. The molecule has 112 valence electrons. The Kier molecular flexibility index (Phi) is 4.91. The molecule has 1 heterocycles. The first-order valence-corrected chi connectivity index (χ1v) is 7.19. The van der Waals surface area contributed by atoms with Crippen molar-refractivity contribution in [3.8, 4) is 5.75 Å². The monoisotopic (exact) mass is 298 g/mol. The van der Waals surface area contributed by atoms with Gasteiger partial charge in [-0.05, 0) is 31.1 Å². The lowest BCUT2D eigenvalue weighted by Gasteiger charge is -2.30. The molecule has 0 radical (unpaired) electrons. The number of hydrogen-bond donors (Lipinski definition) is 1. The van der Waals surface area contributed by atoms with Crippen LogP contribution in [-0.2, 0) is 17.9 Å². The van der Waals surface area contributed by atoms with Gasteiger partial charge in [-0.2, -0.15) is 0 Å². The molecule has 20 heavy (non-hydrogen) atoms. The van der Waals surface area contributed by atoms with Crippen LogP contribution in [0.4, 0.5) is 0 Å². The largest absolute Gasteiger partial charge is 0.467 e. The van der Waals surface area contributed by atoms with Gasteiger partial charge in [-0.15, -0.1) is 0 Å². The Labute approximate surface area is 125 Å². The zero-order valence-corrected chi connectivity index (χ0v) is 13.2. The van der Waals surface area contributed by atoms with Crippen molar-refractivity contribution >= 4 is 11.6 Å². The summed E-state index contributed by atoms with van der Waals surface area (Å²) in [6.45, 7) is 7.56. The first-order chi connectivity index (χ1) is 9.41. The molecule has 1 aliphatic heterocycles. The SMILES string of the molecule is CN(Cc1cc(Cl)cc2c1OCOC2)CC(C)(C)CN. The van der Waals surface area contributed by atoms with E-state index >= 15 is 0 Å². The number of fused-ring (bicyclic) bond motifs is 1. The molecule has 0 atom stereocenters. The smallest absolute Gasteiger partial charge is 0.189 e. The average Bonchev–Trinajstić information content (AvgIpc) is 2.37. The van der Waals surface area contributed by atoms with Crippen LogP contribution in [-0.4, -0.2) is 31.8 Å². The summed E-state index contributed by atoms with van der Waals surface area (Å²) in [7, 11) is 2.09. The Hall–Kier alpha value is -0.810. The summed E-state index contributed by atoms with van der Waals surface area (Å²) < 4.78 is 10.9. The van der Waals surface area contributed by atoms with E-state index in [0.717, 1.165) is 35.0 Å². The number of nitrogens with zero attached hydrogens (tertiary/aromatic N) is 1. The summed E-state index contributed by atoms with van der Waals surface area (Å²) in [4.78, 5) is 2.25. The second kappa shape index (κ2) is 6.31. The molecule has 0 saturated carbocycles. The highest BCUT2D eigenvalue weighted by atomic mass is 35.5. The number of benzene rings is 1. The van der Waals surface area contributed by atoms with Crippen molar-refractivity contribution in [2.24, 2.45) is 11.1 Å². The Morgan fingerprint density at radius 3 is 2.85 bits per heavy atom. The second-order valence-corrected chi connectivity index (χ2v) is 6.64. The van der Waals surface area contributed by atoms with Crippen molar-refractivity contribution in [1.29, 1.82) is 0 Å². The third-order valence-electron chi connectivity index (χ3n) is 3.44. The Morgan fingerprint density at radius 1 is 1.40 bits per heavy atom. The number of ether oxygens (including phenoxy) is 2. The second-order valence-electron chi connectivity index (χ2n) is 6.20. The minimum atomic E-state index is 0.0946. The molecule has 0 aromatic heterocycles. The van der Waals surface area contributed by atoms with Crippen LogP contribution in [0.2, 0.25) is 5.02 Å². The molecule has 0 fully saturated rings. The average molecular weight is 299 g/mol. The normalized spacial score (nSPS) is 15.1. The first kappa shape index (κ1) is 15.6. The van der Waals surface area contributed by atoms with E-state index in [1.807, 2.05) is 12.1 Å². The van der Waals surface area contributed by atoms with E-state index < -0.39 is 0 Å². The maximum absolute atomic E-state index is 6.18. The quantitative estimate of drug-likeness (QED) is 0.908. The van der Waals surface area contributed by atoms with Crippen molar-refractivity contribution in [1.82, 2.24) is 4.90 Å². The molecule has 1 aliphatic rings. The molecule has 0 saturated heterocycles. The Balaban J connectivity index is 2.15. The molecular formula is C15H23ClN2O2. The number of rotatable bonds is 5. The van der Waals surface area contributed by atoms with Gasteiger partial charge in [0.1, 0.15) is 5.75 Å². The van der Waals surface area contributed by atoms with E-state index in [4.69, 9.17) is 26.8 Å². The van der Waals surface area contributed by atoms with Crippen LogP contribution >= 0.6 is 11.6 Å². The summed E-state index contributed by atoms with van der Waals surface area (Å²) in [5, 5.41) is 0.722. The van der Waals surface area contributed by atoms with E-state index in [2.05, 4.69) is 25.8 Å². The Bertz CT molecular complexity index is 477. The summed E-state index contributed by atoms with van der Waals surface area (Å²) in [5.41, 5.74) is 8.01. The van der Waals surface area contributed by atoms with E-state index in [-0.39, 0.29) is 5.41 Å². The fourth-order valence-electron chi connectivity index (χ4n) is 2.52. The van der Waals surface area contributed by atoms with Crippen molar-refractivity contribution in [3.05, 3.63) is 28.3 Å². The van der Waals surface area contributed by atoms with Gasteiger partial charge in [0.05, 0.1) is 6.61 Å². The van der Waals surface area contributed by atoms with Gasteiger partial charge in [-0.3, -0.25) is 0 Å². The van der Waals surface area contributed by atoms with Gasteiger partial charge in [0.15, 0.2) is 6.79 Å². The topological polar surface area (TPSA) is 47.7 Å². The Morgan fingerprint density at radius 2 is 2.15 bits per heavy atom. The van der Waals surface area contributed by atoms with Crippen molar-refractivity contribution in [3.63, 3.8) is 0 Å². The van der Waals surface area contributed by atoms with Crippen LogP contribution < -0.4 is 10.5 Å². The summed E-state index contributed by atoms with van der Waals surface area (Å²) in [6.07, 6.45) is 0. The molecule has 1 aromatic rings. The molecule has 2 N–H and O–H groups in total. The van der Waals surface area contributed by atoms with Gasteiger partial charge in [0, 0.05) is 29.2 Å². The van der Waals surface area contributed by atoms with Crippen molar-refractivity contribution < 1.29 is 9.47 Å². The van der Waals surface area contributed by atoms with Crippen molar-refractivity contribution in [2.45, 2.75) is 27.0 Å². The maximum atomic E-state index is 6.18. The fourth-order valence-corrected chi connectivity index (χ4v) is 2.78. The molecule has 0 amide bonds. The van der Waals surface area contributed by atoms with Crippen LogP contribution in [0.5, 0.6) is 5.75 Å². The van der Waals surface area contributed by atoms with Crippen LogP contribution in [0.3, 0.4) is 0 Å². The molecule has 0 bridgehead atoms. The summed E-state index contributed by atoms with van der Waals surface area (Å²) in [5.74, 6) is 0.915.